The molecule has 1 aromatic rings. The van der Waals surface area contributed by atoms with Gasteiger partial charge in [0.05, 0.1) is 5.56 Å². The molecule has 1 atom stereocenters. The number of hydrogen-bond acceptors (Lipinski definition) is 3. The van der Waals surface area contributed by atoms with E-state index < -0.39 is 5.82 Å². The van der Waals surface area contributed by atoms with Crippen molar-refractivity contribution in [2.45, 2.75) is 19.5 Å². The molecular formula is C14H18FN3. The van der Waals surface area contributed by atoms with E-state index in [9.17, 15) is 4.39 Å². The molecule has 2 rings (SSSR count). The molecule has 0 amide bonds. The van der Waals surface area contributed by atoms with E-state index in [0.29, 0.717) is 6.04 Å². The van der Waals surface area contributed by atoms with Crippen LogP contribution in [0.25, 0.3) is 0 Å². The van der Waals surface area contributed by atoms with Crippen LogP contribution in [0.15, 0.2) is 18.2 Å². The lowest BCUT2D eigenvalue weighted by Crippen LogP contribution is -2.49. The fourth-order valence-electron chi connectivity index (χ4n) is 2.40. The Hall–Kier alpha value is -1.44. The summed E-state index contributed by atoms with van der Waals surface area (Å²) in [5.41, 5.74) is 1.14. The molecule has 4 heteroatoms. The van der Waals surface area contributed by atoms with Crippen molar-refractivity contribution >= 4 is 0 Å². The van der Waals surface area contributed by atoms with E-state index in [-0.39, 0.29) is 5.56 Å². The number of hydrogen-bond donors (Lipinski definition) is 0. The largest absolute Gasteiger partial charge is 0.304 e. The molecule has 0 aliphatic carbocycles. The summed E-state index contributed by atoms with van der Waals surface area (Å²) in [5.74, 6) is -0.437. The van der Waals surface area contributed by atoms with Gasteiger partial charge in [-0.1, -0.05) is 6.07 Å². The van der Waals surface area contributed by atoms with Gasteiger partial charge in [0.2, 0.25) is 0 Å². The Morgan fingerprint density at radius 2 is 2.22 bits per heavy atom. The first-order chi connectivity index (χ1) is 8.60. The third kappa shape index (κ3) is 2.87. The molecule has 96 valence electrons. The topological polar surface area (TPSA) is 30.3 Å². The van der Waals surface area contributed by atoms with Gasteiger partial charge in [-0.05, 0) is 31.7 Å². The average Bonchev–Trinajstić information content (AvgIpc) is 2.35. The van der Waals surface area contributed by atoms with Gasteiger partial charge in [0, 0.05) is 32.2 Å². The summed E-state index contributed by atoms with van der Waals surface area (Å²) in [6, 6.07) is 7.18. The first kappa shape index (κ1) is 13.0. The van der Waals surface area contributed by atoms with Crippen LogP contribution in [0.1, 0.15) is 18.1 Å². The molecule has 1 aromatic carbocycles. The maximum absolute atomic E-state index is 13.2. The van der Waals surface area contributed by atoms with E-state index in [2.05, 4.69) is 23.8 Å². The molecule has 3 nitrogen and oxygen atoms in total. The minimum absolute atomic E-state index is 0.134. The van der Waals surface area contributed by atoms with Crippen molar-refractivity contribution < 1.29 is 4.39 Å². The van der Waals surface area contributed by atoms with Gasteiger partial charge >= 0.3 is 0 Å². The highest BCUT2D eigenvalue weighted by atomic mass is 19.1. The first-order valence-electron chi connectivity index (χ1n) is 6.21. The van der Waals surface area contributed by atoms with Crippen molar-refractivity contribution in [2.75, 3.05) is 26.7 Å². The summed E-state index contributed by atoms with van der Waals surface area (Å²) in [5, 5.41) is 8.83. The van der Waals surface area contributed by atoms with Crippen LogP contribution in [-0.4, -0.2) is 42.5 Å². The van der Waals surface area contributed by atoms with Crippen molar-refractivity contribution in [3.05, 3.63) is 35.1 Å². The van der Waals surface area contributed by atoms with Gasteiger partial charge in [-0.2, -0.15) is 5.26 Å². The van der Waals surface area contributed by atoms with Gasteiger partial charge in [0.15, 0.2) is 0 Å². The van der Waals surface area contributed by atoms with Crippen LogP contribution in [-0.2, 0) is 6.54 Å². The first-order valence-corrected chi connectivity index (χ1v) is 6.21. The van der Waals surface area contributed by atoms with E-state index in [1.54, 1.807) is 12.1 Å². The highest BCUT2D eigenvalue weighted by Crippen LogP contribution is 2.15. The number of halogens is 1. The standard InChI is InChI=1S/C14H18FN3/c1-11-9-17(2)5-6-18(11)10-12-3-4-14(15)13(7-12)8-16/h3-4,7,11H,5-6,9-10H2,1-2H3. The number of nitrogens with zero attached hydrogens (tertiary/aromatic N) is 3. The van der Waals surface area contributed by atoms with Crippen LogP contribution in [0.4, 0.5) is 4.39 Å². The SMILES string of the molecule is CC1CN(C)CCN1Cc1ccc(F)c(C#N)c1. The highest BCUT2D eigenvalue weighted by molar-refractivity contribution is 5.34. The Kier molecular flexibility index (Phi) is 3.95. The molecule has 0 radical (unpaired) electrons. The molecule has 1 aliphatic rings. The number of benzene rings is 1. The normalized spacial score (nSPS) is 21.8. The van der Waals surface area contributed by atoms with Crippen LogP contribution < -0.4 is 0 Å². The maximum Gasteiger partial charge on any atom is 0.140 e. The fourth-order valence-corrected chi connectivity index (χ4v) is 2.40. The van der Waals surface area contributed by atoms with Gasteiger partial charge < -0.3 is 4.90 Å². The van der Waals surface area contributed by atoms with Gasteiger partial charge in [0.25, 0.3) is 0 Å². The van der Waals surface area contributed by atoms with Crippen molar-refractivity contribution in [3.8, 4) is 6.07 Å². The molecule has 1 heterocycles. The van der Waals surface area contributed by atoms with Gasteiger partial charge in [-0.25, -0.2) is 4.39 Å². The fraction of sp³-hybridized carbons (Fsp3) is 0.500. The monoisotopic (exact) mass is 247 g/mol. The van der Waals surface area contributed by atoms with Crippen LogP contribution in [0.3, 0.4) is 0 Å². The third-order valence-electron chi connectivity index (χ3n) is 3.51. The second-order valence-corrected chi connectivity index (χ2v) is 5.01. The van der Waals surface area contributed by atoms with Crippen molar-refractivity contribution in [1.29, 1.82) is 5.26 Å². The van der Waals surface area contributed by atoms with E-state index in [1.807, 2.05) is 6.07 Å². The smallest absolute Gasteiger partial charge is 0.140 e. The predicted octanol–water partition coefficient (Wildman–Crippen LogP) is 1.83. The highest BCUT2D eigenvalue weighted by Gasteiger charge is 2.21. The minimum atomic E-state index is -0.437. The molecular weight excluding hydrogens is 229 g/mol. The second kappa shape index (κ2) is 5.47. The van der Waals surface area contributed by atoms with Crippen molar-refractivity contribution in [3.63, 3.8) is 0 Å². The predicted molar refractivity (Wildman–Crippen MR) is 68.5 cm³/mol. The van der Waals surface area contributed by atoms with Gasteiger partial charge in [0.1, 0.15) is 11.9 Å². The zero-order valence-corrected chi connectivity index (χ0v) is 10.9. The van der Waals surface area contributed by atoms with Crippen molar-refractivity contribution in [1.82, 2.24) is 9.80 Å². The maximum atomic E-state index is 13.2. The molecule has 1 aliphatic heterocycles. The zero-order valence-electron chi connectivity index (χ0n) is 10.9. The number of piperazine rings is 1. The van der Waals surface area contributed by atoms with E-state index in [4.69, 9.17) is 5.26 Å². The summed E-state index contributed by atoms with van der Waals surface area (Å²) in [4.78, 5) is 4.68. The summed E-state index contributed by atoms with van der Waals surface area (Å²) in [7, 11) is 2.12. The van der Waals surface area contributed by atoms with Gasteiger partial charge in [-0.3, -0.25) is 4.90 Å². The number of likely N-dealkylation sites (N-methyl/N-ethyl adjacent to an activating group) is 1. The summed E-state index contributed by atoms with van der Waals surface area (Å²) >= 11 is 0. The third-order valence-corrected chi connectivity index (χ3v) is 3.51. The summed E-state index contributed by atoms with van der Waals surface area (Å²) in [6.07, 6.45) is 0. The lowest BCUT2D eigenvalue weighted by molar-refractivity contribution is 0.0938. The van der Waals surface area contributed by atoms with Crippen LogP contribution >= 0.6 is 0 Å². The number of nitriles is 1. The Labute approximate surface area is 107 Å². The molecule has 0 aromatic heterocycles. The van der Waals surface area contributed by atoms with E-state index >= 15 is 0 Å². The Morgan fingerprint density at radius 3 is 2.89 bits per heavy atom. The number of rotatable bonds is 2. The van der Waals surface area contributed by atoms with Gasteiger partial charge in [-0.15, -0.1) is 0 Å². The summed E-state index contributed by atoms with van der Waals surface area (Å²) in [6.45, 7) is 6.09. The molecule has 18 heavy (non-hydrogen) atoms. The van der Waals surface area contributed by atoms with Crippen molar-refractivity contribution in [2.24, 2.45) is 0 Å². The zero-order chi connectivity index (χ0) is 13.1. The average molecular weight is 247 g/mol. The van der Waals surface area contributed by atoms with Crippen LogP contribution in [0, 0.1) is 17.1 Å². The lowest BCUT2D eigenvalue weighted by Gasteiger charge is -2.38. The van der Waals surface area contributed by atoms with E-state index in [0.717, 1.165) is 31.7 Å². The summed E-state index contributed by atoms with van der Waals surface area (Å²) < 4.78 is 13.2. The minimum Gasteiger partial charge on any atom is -0.304 e. The Balaban J connectivity index is 2.08. The Morgan fingerprint density at radius 1 is 1.44 bits per heavy atom. The Bertz CT molecular complexity index is 467. The molecule has 1 fully saturated rings. The molecule has 1 saturated heterocycles. The molecule has 0 bridgehead atoms. The lowest BCUT2D eigenvalue weighted by atomic mass is 10.1. The van der Waals surface area contributed by atoms with E-state index in [1.165, 1.54) is 6.07 Å². The van der Waals surface area contributed by atoms with Crippen LogP contribution in [0.2, 0.25) is 0 Å². The molecule has 0 spiro atoms. The quantitative estimate of drug-likeness (QED) is 0.798. The van der Waals surface area contributed by atoms with Crippen LogP contribution in [0.5, 0.6) is 0 Å². The second-order valence-electron chi connectivity index (χ2n) is 5.01. The molecule has 0 saturated carbocycles. The molecule has 1 unspecified atom stereocenters. The molecule has 0 N–H and O–H groups in total.